The maximum Gasteiger partial charge on any atom is 0.263 e. The predicted molar refractivity (Wildman–Crippen MR) is 113 cm³/mol. The number of carbonyl (C=O) groups is 1. The summed E-state index contributed by atoms with van der Waals surface area (Å²) in [7, 11) is 0. The smallest absolute Gasteiger partial charge is 0.263 e. The van der Waals surface area contributed by atoms with Crippen LogP contribution in [0, 0.1) is 0 Å². The van der Waals surface area contributed by atoms with E-state index in [2.05, 4.69) is 20.4 Å². The normalized spacial score (nSPS) is 15.7. The number of hydrogen-bond donors (Lipinski definition) is 0. The molecule has 1 aromatic heterocycles. The fourth-order valence-corrected chi connectivity index (χ4v) is 3.55. The number of amides is 1. The molecule has 0 saturated carbocycles. The molecule has 0 spiro atoms. The maximum atomic E-state index is 12.7. The molecule has 1 saturated heterocycles. The largest absolute Gasteiger partial charge is 0.481 e. The van der Waals surface area contributed by atoms with Crippen molar-refractivity contribution in [1.29, 1.82) is 0 Å². The lowest BCUT2D eigenvalue weighted by atomic mass is 10.2. The molecule has 1 fully saturated rings. The molecule has 3 aromatic rings. The van der Waals surface area contributed by atoms with Gasteiger partial charge in [0.05, 0.1) is 12.2 Å². The van der Waals surface area contributed by atoms with E-state index < -0.39 is 6.10 Å². The summed E-state index contributed by atoms with van der Waals surface area (Å²) in [5.74, 6) is 1.45. The highest BCUT2D eigenvalue weighted by Crippen LogP contribution is 2.16. The van der Waals surface area contributed by atoms with Crippen LogP contribution in [0.2, 0.25) is 5.02 Å². The summed E-state index contributed by atoms with van der Waals surface area (Å²) >= 11 is 5.96. The molecule has 156 valence electrons. The van der Waals surface area contributed by atoms with Crippen LogP contribution >= 0.6 is 11.6 Å². The molecule has 0 bridgehead atoms. The van der Waals surface area contributed by atoms with Crippen LogP contribution in [0.5, 0.6) is 5.75 Å². The van der Waals surface area contributed by atoms with Crippen LogP contribution in [-0.4, -0.2) is 68.2 Å². The summed E-state index contributed by atoms with van der Waals surface area (Å²) in [6, 6.07) is 16.8. The molecule has 9 heteroatoms. The van der Waals surface area contributed by atoms with E-state index in [0.717, 1.165) is 24.6 Å². The molecular formula is C21H23ClN6O2. The van der Waals surface area contributed by atoms with Crippen LogP contribution in [0.3, 0.4) is 0 Å². The third kappa shape index (κ3) is 4.77. The van der Waals surface area contributed by atoms with Crippen molar-refractivity contribution in [3.63, 3.8) is 0 Å². The molecule has 0 N–H and O–H groups in total. The van der Waals surface area contributed by atoms with E-state index in [4.69, 9.17) is 16.3 Å². The highest BCUT2D eigenvalue weighted by atomic mass is 35.5. The lowest BCUT2D eigenvalue weighted by Gasteiger charge is -2.35. The van der Waals surface area contributed by atoms with Gasteiger partial charge < -0.3 is 9.64 Å². The summed E-state index contributed by atoms with van der Waals surface area (Å²) < 4.78 is 7.48. The average molecular weight is 427 g/mol. The van der Waals surface area contributed by atoms with Gasteiger partial charge in [-0.15, -0.1) is 5.10 Å². The fourth-order valence-electron chi connectivity index (χ4n) is 3.42. The first kappa shape index (κ1) is 20.3. The van der Waals surface area contributed by atoms with Gasteiger partial charge in [0, 0.05) is 31.2 Å². The summed E-state index contributed by atoms with van der Waals surface area (Å²) in [4.78, 5) is 16.8. The molecular weight excluding hydrogens is 404 g/mol. The van der Waals surface area contributed by atoms with Gasteiger partial charge in [-0.25, -0.2) is 0 Å². The van der Waals surface area contributed by atoms with Crippen LogP contribution in [0.25, 0.3) is 5.69 Å². The number of piperazine rings is 1. The highest BCUT2D eigenvalue weighted by Gasteiger charge is 2.27. The second-order valence-corrected chi connectivity index (χ2v) is 7.59. The first-order valence-electron chi connectivity index (χ1n) is 9.86. The third-order valence-corrected chi connectivity index (χ3v) is 5.31. The number of benzene rings is 2. The minimum absolute atomic E-state index is 0.00417. The molecule has 8 nitrogen and oxygen atoms in total. The van der Waals surface area contributed by atoms with Gasteiger partial charge in [0.2, 0.25) is 0 Å². The van der Waals surface area contributed by atoms with E-state index in [1.807, 2.05) is 59.5 Å². The molecule has 0 radical (unpaired) electrons. The molecule has 1 amide bonds. The molecule has 1 atom stereocenters. The number of aromatic nitrogens is 4. The van der Waals surface area contributed by atoms with Crippen molar-refractivity contribution in [1.82, 2.24) is 30.0 Å². The summed E-state index contributed by atoms with van der Waals surface area (Å²) in [5.41, 5.74) is 0.861. The Morgan fingerprint density at radius 2 is 1.77 bits per heavy atom. The van der Waals surface area contributed by atoms with Crippen molar-refractivity contribution in [2.75, 3.05) is 26.2 Å². The SMILES string of the molecule is C[C@@H](Oc1ccccc1)C(=O)N1CCN(Cc2nnnn2-c2ccc(Cl)cc2)CC1. The van der Waals surface area contributed by atoms with Crippen LogP contribution in [0.1, 0.15) is 12.7 Å². The van der Waals surface area contributed by atoms with Crippen LogP contribution < -0.4 is 4.74 Å². The first-order valence-corrected chi connectivity index (χ1v) is 10.2. The lowest BCUT2D eigenvalue weighted by Crippen LogP contribution is -2.51. The standard InChI is InChI=1S/C21H23ClN6O2/c1-16(30-19-5-3-2-4-6-19)21(29)27-13-11-26(12-14-27)15-20-23-24-25-28(20)18-9-7-17(22)8-10-18/h2-10,16H,11-15H2,1H3/t16-/m1/s1. The monoisotopic (exact) mass is 426 g/mol. The van der Waals surface area contributed by atoms with Gasteiger partial charge in [-0.2, -0.15) is 4.68 Å². The minimum atomic E-state index is -0.517. The van der Waals surface area contributed by atoms with Gasteiger partial charge in [-0.3, -0.25) is 9.69 Å². The Morgan fingerprint density at radius 1 is 1.07 bits per heavy atom. The van der Waals surface area contributed by atoms with Crippen molar-refractivity contribution in [3.05, 3.63) is 65.4 Å². The van der Waals surface area contributed by atoms with Crippen LogP contribution in [-0.2, 0) is 11.3 Å². The van der Waals surface area contributed by atoms with Crippen molar-refractivity contribution in [2.24, 2.45) is 0 Å². The van der Waals surface area contributed by atoms with Gasteiger partial charge in [0.25, 0.3) is 5.91 Å². The van der Waals surface area contributed by atoms with E-state index in [-0.39, 0.29) is 5.91 Å². The van der Waals surface area contributed by atoms with E-state index in [1.54, 1.807) is 11.6 Å². The second-order valence-electron chi connectivity index (χ2n) is 7.16. The number of rotatable bonds is 6. The summed E-state index contributed by atoms with van der Waals surface area (Å²) in [6.45, 7) is 5.18. The zero-order valence-corrected chi connectivity index (χ0v) is 17.4. The average Bonchev–Trinajstić information content (AvgIpc) is 3.23. The number of ether oxygens (including phenoxy) is 1. The highest BCUT2D eigenvalue weighted by molar-refractivity contribution is 6.30. The zero-order valence-electron chi connectivity index (χ0n) is 16.7. The number of carbonyl (C=O) groups excluding carboxylic acids is 1. The Kier molecular flexibility index (Phi) is 6.25. The Morgan fingerprint density at radius 3 is 2.47 bits per heavy atom. The molecule has 2 heterocycles. The maximum absolute atomic E-state index is 12.7. The number of halogens is 1. The summed E-state index contributed by atoms with van der Waals surface area (Å²) in [5, 5.41) is 12.7. The molecule has 2 aromatic carbocycles. The fraction of sp³-hybridized carbons (Fsp3) is 0.333. The van der Waals surface area contributed by atoms with Gasteiger partial charge >= 0.3 is 0 Å². The number of nitrogens with zero attached hydrogens (tertiary/aromatic N) is 6. The number of hydrogen-bond acceptors (Lipinski definition) is 6. The molecule has 0 unspecified atom stereocenters. The second kappa shape index (κ2) is 9.23. The quantitative estimate of drug-likeness (QED) is 0.602. The van der Waals surface area contributed by atoms with Crippen molar-refractivity contribution in [2.45, 2.75) is 19.6 Å². The third-order valence-electron chi connectivity index (χ3n) is 5.06. The van der Waals surface area contributed by atoms with E-state index in [1.165, 1.54) is 0 Å². The predicted octanol–water partition coefficient (Wildman–Crippen LogP) is 2.43. The minimum Gasteiger partial charge on any atom is -0.481 e. The van der Waals surface area contributed by atoms with Gasteiger partial charge in [-0.1, -0.05) is 29.8 Å². The molecule has 1 aliphatic heterocycles. The van der Waals surface area contributed by atoms with Gasteiger partial charge in [-0.05, 0) is 53.7 Å². The molecule has 30 heavy (non-hydrogen) atoms. The van der Waals surface area contributed by atoms with E-state index in [9.17, 15) is 4.79 Å². The molecule has 0 aliphatic carbocycles. The van der Waals surface area contributed by atoms with Crippen LogP contribution in [0.15, 0.2) is 54.6 Å². The Balaban J connectivity index is 1.32. The Labute approximate surface area is 180 Å². The van der Waals surface area contributed by atoms with Crippen LogP contribution in [0.4, 0.5) is 0 Å². The van der Waals surface area contributed by atoms with Gasteiger partial charge in [0.1, 0.15) is 5.75 Å². The molecule has 4 rings (SSSR count). The van der Waals surface area contributed by atoms with E-state index in [0.29, 0.717) is 30.4 Å². The van der Waals surface area contributed by atoms with E-state index >= 15 is 0 Å². The van der Waals surface area contributed by atoms with Crippen molar-refractivity contribution >= 4 is 17.5 Å². The first-order chi connectivity index (χ1) is 14.6. The van der Waals surface area contributed by atoms with Gasteiger partial charge in [0.15, 0.2) is 11.9 Å². The lowest BCUT2D eigenvalue weighted by molar-refractivity contribution is -0.139. The molecule has 1 aliphatic rings. The van der Waals surface area contributed by atoms with Crippen molar-refractivity contribution in [3.8, 4) is 11.4 Å². The topological polar surface area (TPSA) is 76.4 Å². The number of para-hydroxylation sites is 1. The van der Waals surface area contributed by atoms with Crippen molar-refractivity contribution < 1.29 is 9.53 Å². The zero-order chi connectivity index (χ0) is 20.9. The number of tetrazole rings is 1. The summed E-state index contributed by atoms with van der Waals surface area (Å²) in [6.07, 6.45) is -0.517. The Hall–Kier alpha value is -2.97. The Bertz CT molecular complexity index is 971.